The number of carbonyl (C=O) groups excluding carboxylic acids is 1. The van der Waals surface area contributed by atoms with Crippen LogP contribution in [0.15, 0.2) is 24.3 Å². The summed E-state index contributed by atoms with van der Waals surface area (Å²) < 4.78 is 2.08. The molecule has 25 heavy (non-hydrogen) atoms. The summed E-state index contributed by atoms with van der Waals surface area (Å²) in [4.78, 5) is 17.6. The number of carbonyl (C=O) groups is 1. The third-order valence-corrected chi connectivity index (χ3v) is 4.71. The number of imidazole rings is 1. The first-order valence-electron chi connectivity index (χ1n) is 8.80. The van der Waals surface area contributed by atoms with Crippen molar-refractivity contribution in [3.8, 4) is 0 Å². The number of H-pyrrole nitrogens is 1. The Balaban J connectivity index is 1.88. The summed E-state index contributed by atoms with van der Waals surface area (Å²) >= 11 is 0. The number of hydrogen-bond acceptors (Lipinski definition) is 3. The number of amides is 1. The molecule has 1 amide bonds. The normalized spacial score (nSPS) is 12.5. The van der Waals surface area contributed by atoms with Crippen molar-refractivity contribution in [2.24, 2.45) is 0 Å². The molecule has 0 saturated carbocycles. The lowest BCUT2D eigenvalue weighted by molar-refractivity contribution is -0.124. The van der Waals surface area contributed by atoms with Crippen LogP contribution < -0.4 is 5.32 Å². The van der Waals surface area contributed by atoms with Crippen LogP contribution >= 0.6 is 0 Å². The molecule has 1 aromatic carbocycles. The highest BCUT2D eigenvalue weighted by atomic mass is 16.2. The summed E-state index contributed by atoms with van der Waals surface area (Å²) in [7, 11) is 0. The zero-order chi connectivity index (χ0) is 18.0. The fraction of sp³-hybridized carbons (Fsp3) is 0.421. The Morgan fingerprint density at radius 3 is 2.68 bits per heavy atom. The standard InChI is InChI=1S/C19H25N5O/c1-5-16(19(25)20-11-14-12(3)22-23-13(14)4)24-17-10-8-7-9-15(17)21-18(24)6-2/h7-10,16H,5-6,11H2,1-4H3,(H,20,25)(H,22,23)/t16-/m0/s1. The Bertz CT molecular complexity index is 873. The van der Waals surface area contributed by atoms with Gasteiger partial charge in [0.05, 0.1) is 16.7 Å². The van der Waals surface area contributed by atoms with Gasteiger partial charge in [0.25, 0.3) is 0 Å². The summed E-state index contributed by atoms with van der Waals surface area (Å²) in [5.74, 6) is 0.958. The highest BCUT2D eigenvalue weighted by molar-refractivity contribution is 5.84. The van der Waals surface area contributed by atoms with E-state index in [4.69, 9.17) is 0 Å². The second-order valence-electron chi connectivity index (χ2n) is 6.29. The van der Waals surface area contributed by atoms with E-state index in [9.17, 15) is 4.79 Å². The van der Waals surface area contributed by atoms with E-state index in [1.807, 2.05) is 45.0 Å². The van der Waals surface area contributed by atoms with Crippen molar-refractivity contribution in [1.29, 1.82) is 0 Å². The van der Waals surface area contributed by atoms with Gasteiger partial charge in [-0.1, -0.05) is 26.0 Å². The summed E-state index contributed by atoms with van der Waals surface area (Å²) in [5, 5.41) is 10.2. The maximum Gasteiger partial charge on any atom is 0.243 e. The fourth-order valence-corrected chi connectivity index (χ4v) is 3.30. The van der Waals surface area contributed by atoms with E-state index >= 15 is 0 Å². The Morgan fingerprint density at radius 2 is 2.04 bits per heavy atom. The highest BCUT2D eigenvalue weighted by Gasteiger charge is 2.23. The Labute approximate surface area is 147 Å². The summed E-state index contributed by atoms with van der Waals surface area (Å²) in [6.45, 7) is 8.50. The molecule has 1 atom stereocenters. The molecule has 2 aromatic heterocycles. The third-order valence-electron chi connectivity index (χ3n) is 4.71. The number of aryl methyl sites for hydroxylation is 3. The first kappa shape index (κ1) is 17.2. The van der Waals surface area contributed by atoms with Crippen LogP contribution in [0.4, 0.5) is 0 Å². The van der Waals surface area contributed by atoms with Crippen molar-refractivity contribution in [1.82, 2.24) is 25.1 Å². The van der Waals surface area contributed by atoms with Gasteiger partial charge in [-0.25, -0.2) is 4.98 Å². The predicted octanol–water partition coefficient (Wildman–Crippen LogP) is 3.21. The molecule has 0 aliphatic carbocycles. The first-order valence-corrected chi connectivity index (χ1v) is 8.80. The lowest BCUT2D eigenvalue weighted by Gasteiger charge is -2.20. The van der Waals surface area contributed by atoms with Crippen LogP contribution in [0.2, 0.25) is 0 Å². The predicted molar refractivity (Wildman–Crippen MR) is 98.3 cm³/mol. The Morgan fingerprint density at radius 1 is 1.28 bits per heavy atom. The zero-order valence-electron chi connectivity index (χ0n) is 15.3. The molecule has 0 aliphatic heterocycles. The van der Waals surface area contributed by atoms with Crippen LogP contribution in [0.5, 0.6) is 0 Å². The molecule has 6 nitrogen and oxygen atoms in total. The molecule has 0 unspecified atom stereocenters. The SMILES string of the molecule is CCc1nc2ccccc2n1[C@@H](CC)C(=O)NCc1c(C)n[nH]c1C. The molecule has 0 saturated heterocycles. The summed E-state index contributed by atoms with van der Waals surface area (Å²) in [6.07, 6.45) is 1.50. The molecule has 3 aromatic rings. The van der Waals surface area contributed by atoms with Gasteiger partial charge < -0.3 is 9.88 Å². The largest absolute Gasteiger partial charge is 0.350 e. The minimum atomic E-state index is -0.269. The Hall–Kier alpha value is -2.63. The number of hydrogen-bond donors (Lipinski definition) is 2. The summed E-state index contributed by atoms with van der Waals surface area (Å²) in [5.41, 5.74) is 4.92. The second kappa shape index (κ2) is 7.09. The van der Waals surface area contributed by atoms with Gasteiger partial charge in [-0.05, 0) is 32.4 Å². The maximum absolute atomic E-state index is 12.9. The number of para-hydroxylation sites is 2. The van der Waals surface area contributed by atoms with Gasteiger partial charge in [0.1, 0.15) is 11.9 Å². The molecule has 2 N–H and O–H groups in total. The topological polar surface area (TPSA) is 75.6 Å². The van der Waals surface area contributed by atoms with E-state index in [2.05, 4.69) is 32.0 Å². The minimum Gasteiger partial charge on any atom is -0.350 e. The average Bonchev–Trinajstić information content (AvgIpc) is 3.14. The minimum absolute atomic E-state index is 0.0142. The van der Waals surface area contributed by atoms with Crippen molar-refractivity contribution in [3.05, 3.63) is 47.0 Å². The lowest BCUT2D eigenvalue weighted by Crippen LogP contribution is -2.33. The van der Waals surface area contributed by atoms with Crippen molar-refractivity contribution in [2.45, 2.75) is 53.1 Å². The number of aromatic amines is 1. The van der Waals surface area contributed by atoms with E-state index in [0.29, 0.717) is 13.0 Å². The average molecular weight is 339 g/mol. The van der Waals surface area contributed by atoms with Crippen molar-refractivity contribution >= 4 is 16.9 Å². The molecule has 0 spiro atoms. The van der Waals surface area contributed by atoms with Crippen molar-refractivity contribution < 1.29 is 4.79 Å². The summed E-state index contributed by atoms with van der Waals surface area (Å²) in [6, 6.07) is 7.72. The first-order chi connectivity index (χ1) is 12.1. The van der Waals surface area contributed by atoms with Gasteiger partial charge in [-0.2, -0.15) is 5.10 Å². The quantitative estimate of drug-likeness (QED) is 0.724. The molecule has 3 rings (SSSR count). The molecule has 0 radical (unpaired) electrons. The number of benzene rings is 1. The van der Waals surface area contributed by atoms with E-state index < -0.39 is 0 Å². The smallest absolute Gasteiger partial charge is 0.243 e. The molecule has 2 heterocycles. The molecule has 0 aliphatic rings. The number of aromatic nitrogens is 4. The fourth-order valence-electron chi connectivity index (χ4n) is 3.30. The van der Waals surface area contributed by atoms with Gasteiger partial charge in [-0.15, -0.1) is 0 Å². The third kappa shape index (κ3) is 3.16. The van der Waals surface area contributed by atoms with Crippen LogP contribution in [-0.4, -0.2) is 25.7 Å². The van der Waals surface area contributed by atoms with Gasteiger partial charge in [0.2, 0.25) is 5.91 Å². The van der Waals surface area contributed by atoms with E-state index in [1.165, 1.54) is 0 Å². The van der Waals surface area contributed by atoms with Gasteiger partial charge >= 0.3 is 0 Å². The maximum atomic E-state index is 12.9. The monoisotopic (exact) mass is 339 g/mol. The second-order valence-corrected chi connectivity index (χ2v) is 6.29. The molecule has 132 valence electrons. The van der Waals surface area contributed by atoms with E-state index in [1.54, 1.807) is 0 Å². The Kier molecular flexibility index (Phi) is 4.88. The number of fused-ring (bicyclic) bond motifs is 1. The van der Waals surface area contributed by atoms with E-state index in [-0.39, 0.29) is 11.9 Å². The van der Waals surface area contributed by atoms with Crippen molar-refractivity contribution in [3.63, 3.8) is 0 Å². The van der Waals surface area contributed by atoms with Crippen LogP contribution in [0.25, 0.3) is 11.0 Å². The van der Waals surface area contributed by atoms with Crippen LogP contribution in [0.3, 0.4) is 0 Å². The van der Waals surface area contributed by atoms with Gasteiger partial charge in [0.15, 0.2) is 0 Å². The number of rotatable bonds is 6. The molecule has 6 heteroatoms. The van der Waals surface area contributed by atoms with Gasteiger partial charge in [-0.3, -0.25) is 9.89 Å². The van der Waals surface area contributed by atoms with Gasteiger partial charge in [0, 0.05) is 24.2 Å². The van der Waals surface area contributed by atoms with Crippen LogP contribution in [-0.2, 0) is 17.8 Å². The highest BCUT2D eigenvalue weighted by Crippen LogP contribution is 2.24. The molecule has 0 fully saturated rings. The van der Waals surface area contributed by atoms with Crippen LogP contribution in [0, 0.1) is 13.8 Å². The lowest BCUT2D eigenvalue weighted by atomic mass is 10.1. The van der Waals surface area contributed by atoms with E-state index in [0.717, 1.165) is 40.2 Å². The van der Waals surface area contributed by atoms with Crippen molar-refractivity contribution in [2.75, 3.05) is 0 Å². The number of nitrogens with zero attached hydrogens (tertiary/aromatic N) is 3. The zero-order valence-corrected chi connectivity index (χ0v) is 15.3. The molecular weight excluding hydrogens is 314 g/mol. The molecule has 0 bridgehead atoms. The molecular formula is C19H25N5O. The number of nitrogens with one attached hydrogen (secondary N) is 2. The van der Waals surface area contributed by atoms with Crippen LogP contribution in [0.1, 0.15) is 49.1 Å².